The first-order chi connectivity index (χ1) is 16.3. The van der Waals surface area contributed by atoms with E-state index in [4.69, 9.17) is 0 Å². The Morgan fingerprint density at radius 1 is 0.364 bits per heavy atom. The molecule has 1 nitrogen and oxygen atoms in total. The van der Waals surface area contributed by atoms with Gasteiger partial charge in [0.1, 0.15) is 6.29 Å². The number of carbonyl (C=O) groups excluding carboxylic acids is 1. The van der Waals surface area contributed by atoms with Crippen LogP contribution in [0.2, 0.25) is 0 Å². The van der Waals surface area contributed by atoms with Crippen molar-refractivity contribution < 1.29 is 4.79 Å². The monoisotopic (exact) mass is 464 g/mol. The van der Waals surface area contributed by atoms with E-state index in [1.54, 1.807) is 0 Å². The maximum Gasteiger partial charge on any atom is 0.123 e. The Balaban J connectivity index is 3.27. The van der Waals surface area contributed by atoms with Crippen LogP contribution in [0.3, 0.4) is 0 Å². The van der Waals surface area contributed by atoms with Crippen molar-refractivity contribution in [1.29, 1.82) is 0 Å². The molecule has 0 aliphatic heterocycles. The van der Waals surface area contributed by atoms with Gasteiger partial charge < -0.3 is 4.79 Å². The quantitative estimate of drug-likeness (QED) is 0.0794. The Labute approximate surface area is 210 Å². The number of hydrogen-bond donors (Lipinski definition) is 0. The highest BCUT2D eigenvalue weighted by atomic mass is 16.1. The van der Waals surface area contributed by atoms with Gasteiger partial charge in [0.25, 0.3) is 0 Å². The van der Waals surface area contributed by atoms with Gasteiger partial charge in [0.05, 0.1) is 0 Å². The molecule has 0 fully saturated rings. The minimum atomic E-state index is 0.338. The molecule has 0 aliphatic rings. The van der Waals surface area contributed by atoms with Gasteiger partial charge in [-0.1, -0.05) is 181 Å². The number of aldehydes is 1. The van der Waals surface area contributed by atoms with Crippen molar-refractivity contribution in [3.8, 4) is 0 Å². The molecule has 0 saturated carbocycles. The maximum absolute atomic E-state index is 11.4. The molecule has 0 N–H and O–H groups in total. The van der Waals surface area contributed by atoms with Crippen LogP contribution in [0.4, 0.5) is 0 Å². The summed E-state index contributed by atoms with van der Waals surface area (Å²) in [6, 6.07) is 0. The molecule has 0 aromatic rings. The topological polar surface area (TPSA) is 17.1 Å². The Hall–Kier alpha value is -0.330. The van der Waals surface area contributed by atoms with Crippen LogP contribution < -0.4 is 0 Å². The van der Waals surface area contributed by atoms with Crippen LogP contribution in [0.15, 0.2) is 0 Å². The molecule has 1 atom stereocenters. The zero-order valence-corrected chi connectivity index (χ0v) is 23.4. The van der Waals surface area contributed by atoms with Crippen molar-refractivity contribution in [2.45, 2.75) is 194 Å². The second kappa shape index (κ2) is 29.7. The zero-order chi connectivity index (χ0) is 24.1. The number of rotatable bonds is 29. The number of carbonyl (C=O) groups is 1. The fourth-order valence-corrected chi connectivity index (χ4v) is 5.13. The summed E-state index contributed by atoms with van der Waals surface area (Å²) < 4.78 is 0. The second-order valence-electron chi connectivity index (χ2n) is 11.0. The van der Waals surface area contributed by atoms with E-state index in [1.165, 1.54) is 173 Å². The summed E-state index contributed by atoms with van der Waals surface area (Å²) in [5.74, 6) is 0.338. The average Bonchev–Trinajstić information content (AvgIpc) is 2.83. The van der Waals surface area contributed by atoms with Gasteiger partial charge in [-0.3, -0.25) is 0 Å². The Morgan fingerprint density at radius 2 is 0.576 bits per heavy atom. The fourth-order valence-electron chi connectivity index (χ4n) is 5.13. The van der Waals surface area contributed by atoms with E-state index in [0.29, 0.717) is 5.92 Å². The number of unbranched alkanes of at least 4 members (excludes halogenated alkanes) is 24. The molecule has 198 valence electrons. The molecule has 0 heterocycles. The molecule has 0 aromatic carbocycles. The molecule has 0 amide bonds. The molecule has 1 heteroatoms. The van der Waals surface area contributed by atoms with E-state index in [2.05, 4.69) is 13.8 Å². The van der Waals surface area contributed by atoms with Gasteiger partial charge in [-0.2, -0.15) is 0 Å². The molecule has 0 bridgehead atoms. The average molecular weight is 465 g/mol. The SMILES string of the molecule is CCCCCCCCCCCCCCCCC(C=O)CCCCCCCCCCCCCC. The lowest BCUT2D eigenvalue weighted by molar-refractivity contribution is -0.111. The second-order valence-corrected chi connectivity index (χ2v) is 11.0. The minimum absolute atomic E-state index is 0.338. The third kappa shape index (κ3) is 27.8. The van der Waals surface area contributed by atoms with Crippen LogP contribution >= 0.6 is 0 Å². The molecule has 1 unspecified atom stereocenters. The summed E-state index contributed by atoms with van der Waals surface area (Å²) in [4.78, 5) is 11.4. The third-order valence-corrected chi connectivity index (χ3v) is 7.55. The van der Waals surface area contributed by atoms with Gasteiger partial charge in [0, 0.05) is 5.92 Å². The van der Waals surface area contributed by atoms with Crippen LogP contribution in [0.5, 0.6) is 0 Å². The molecule has 0 aliphatic carbocycles. The van der Waals surface area contributed by atoms with E-state index in [9.17, 15) is 4.79 Å². The maximum atomic E-state index is 11.4. The van der Waals surface area contributed by atoms with Crippen molar-refractivity contribution in [1.82, 2.24) is 0 Å². The zero-order valence-electron chi connectivity index (χ0n) is 23.4. The third-order valence-electron chi connectivity index (χ3n) is 7.55. The summed E-state index contributed by atoms with van der Waals surface area (Å²) in [5, 5.41) is 0. The predicted octanol–water partition coefficient (Wildman–Crippen LogP) is 11.8. The lowest BCUT2D eigenvalue weighted by Crippen LogP contribution is -2.02. The summed E-state index contributed by atoms with van der Waals surface area (Å²) in [6.07, 6.45) is 40.0. The highest BCUT2D eigenvalue weighted by Crippen LogP contribution is 2.19. The molecular weight excluding hydrogens is 400 g/mol. The van der Waals surface area contributed by atoms with E-state index in [0.717, 1.165) is 12.8 Å². The first kappa shape index (κ1) is 32.7. The van der Waals surface area contributed by atoms with Gasteiger partial charge in [-0.05, 0) is 12.8 Å². The molecular formula is C32H64O. The minimum Gasteiger partial charge on any atom is -0.303 e. The van der Waals surface area contributed by atoms with Crippen LogP contribution in [0.25, 0.3) is 0 Å². The van der Waals surface area contributed by atoms with Crippen LogP contribution in [0, 0.1) is 5.92 Å². The van der Waals surface area contributed by atoms with E-state index < -0.39 is 0 Å². The van der Waals surface area contributed by atoms with Crippen molar-refractivity contribution >= 4 is 6.29 Å². The van der Waals surface area contributed by atoms with Gasteiger partial charge >= 0.3 is 0 Å². The van der Waals surface area contributed by atoms with Crippen LogP contribution in [-0.2, 0) is 4.79 Å². The van der Waals surface area contributed by atoms with Crippen molar-refractivity contribution in [2.24, 2.45) is 5.92 Å². The first-order valence-electron chi connectivity index (χ1n) is 15.8. The molecule has 0 radical (unpaired) electrons. The highest BCUT2D eigenvalue weighted by molar-refractivity contribution is 5.53. The van der Waals surface area contributed by atoms with E-state index in [-0.39, 0.29) is 0 Å². The normalized spacial score (nSPS) is 12.3. The molecule has 0 aromatic heterocycles. The summed E-state index contributed by atoms with van der Waals surface area (Å²) in [7, 11) is 0. The molecule has 33 heavy (non-hydrogen) atoms. The van der Waals surface area contributed by atoms with Gasteiger partial charge in [-0.15, -0.1) is 0 Å². The summed E-state index contributed by atoms with van der Waals surface area (Å²) >= 11 is 0. The number of hydrogen-bond acceptors (Lipinski definition) is 1. The smallest absolute Gasteiger partial charge is 0.123 e. The predicted molar refractivity (Wildman–Crippen MR) is 150 cm³/mol. The van der Waals surface area contributed by atoms with Gasteiger partial charge in [-0.25, -0.2) is 0 Å². The summed E-state index contributed by atoms with van der Waals surface area (Å²) in [5.41, 5.74) is 0. The van der Waals surface area contributed by atoms with Crippen molar-refractivity contribution in [3.05, 3.63) is 0 Å². The van der Waals surface area contributed by atoms with Crippen LogP contribution in [0.1, 0.15) is 194 Å². The standard InChI is InChI=1S/C32H64O/c1-3-5-7-9-11-13-15-17-18-20-22-24-26-28-30-32(31-33)29-27-25-23-21-19-16-14-12-10-8-6-4-2/h31-32H,3-30H2,1-2H3. The molecule has 0 spiro atoms. The fraction of sp³-hybridized carbons (Fsp3) is 0.969. The Kier molecular flexibility index (Phi) is 29.4. The lowest BCUT2D eigenvalue weighted by atomic mass is 9.95. The van der Waals surface area contributed by atoms with Crippen molar-refractivity contribution in [2.75, 3.05) is 0 Å². The largest absolute Gasteiger partial charge is 0.303 e. The Bertz CT molecular complexity index is 350. The molecule has 0 rings (SSSR count). The first-order valence-corrected chi connectivity index (χ1v) is 15.8. The van der Waals surface area contributed by atoms with Crippen molar-refractivity contribution in [3.63, 3.8) is 0 Å². The highest BCUT2D eigenvalue weighted by Gasteiger charge is 2.06. The van der Waals surface area contributed by atoms with Gasteiger partial charge in [0.2, 0.25) is 0 Å². The van der Waals surface area contributed by atoms with E-state index >= 15 is 0 Å². The Morgan fingerprint density at radius 3 is 0.788 bits per heavy atom. The molecule has 0 saturated heterocycles. The van der Waals surface area contributed by atoms with Crippen LogP contribution in [-0.4, -0.2) is 6.29 Å². The lowest BCUT2D eigenvalue weighted by Gasteiger charge is -2.10. The van der Waals surface area contributed by atoms with Gasteiger partial charge in [0.15, 0.2) is 0 Å². The summed E-state index contributed by atoms with van der Waals surface area (Å²) in [6.45, 7) is 4.58. The van der Waals surface area contributed by atoms with E-state index in [1.807, 2.05) is 0 Å².